The summed E-state index contributed by atoms with van der Waals surface area (Å²) in [6, 6.07) is 0. The van der Waals surface area contributed by atoms with E-state index in [0.717, 1.165) is 5.29 Å². The smallest absolute Gasteiger partial charge is 0.410 e. The van der Waals surface area contributed by atoms with E-state index in [1.807, 2.05) is 41.5 Å². The highest BCUT2D eigenvalue weighted by atomic mass is 35.5. The Kier molecular flexibility index (Phi) is 11.6. The van der Waals surface area contributed by atoms with E-state index in [4.69, 9.17) is 74.7 Å². The number of ether oxygens (including phenoxy) is 4. The largest absolute Gasteiger partial charge is 0.438 e. The number of alkyl halides is 6. The predicted octanol–water partition coefficient (Wildman–Crippen LogP) is 9.62. The highest BCUT2D eigenvalue weighted by Crippen LogP contribution is 2.76. The number of Topliss-reactive ketones (excluding diaryl/α,β-unsaturated/α-hetero) is 1. The van der Waals surface area contributed by atoms with E-state index in [9.17, 15) is 14.4 Å². The Labute approximate surface area is 415 Å². The van der Waals surface area contributed by atoms with Crippen LogP contribution in [0.5, 0.6) is 0 Å². The molecule has 0 radical (unpaired) electrons. The van der Waals surface area contributed by atoms with Gasteiger partial charge >= 0.3 is 7.69 Å². The molecule has 0 amide bonds. The zero-order chi connectivity index (χ0) is 48.5. The molecule has 0 aromatic heterocycles. The van der Waals surface area contributed by atoms with Gasteiger partial charge in [0, 0.05) is 34.5 Å². The van der Waals surface area contributed by atoms with E-state index in [-0.39, 0.29) is 81.4 Å². The summed E-state index contributed by atoms with van der Waals surface area (Å²) in [5.41, 5.74) is -4.40. The molecular formula is C50H62BCl4F2O9P. The molecule has 18 unspecified atom stereocenters. The van der Waals surface area contributed by atoms with Gasteiger partial charge in [0.1, 0.15) is 23.5 Å². The lowest BCUT2D eigenvalue weighted by atomic mass is 9.46. The van der Waals surface area contributed by atoms with Gasteiger partial charge in [0.15, 0.2) is 28.9 Å². The van der Waals surface area contributed by atoms with E-state index in [2.05, 4.69) is 22.7 Å². The number of carbonyl (C=O) groups is 3. The SMILES string of the molecule is CC1(C)OC2CC3C4CC(F)C5=CC(=O)C=CC5(C)C4(Cl)C(Cl)CC3(C)C2(CC(=O)COBOCC(=P)CC23OC(C)(C)OC2CC2C4CC(F)C5=CC(=O)C=CC5(C)C4(Cl)C(Cl)CC23C)O1. The first-order chi connectivity index (χ1) is 31.1. The maximum Gasteiger partial charge on any atom is 0.438 e. The fourth-order valence-corrected chi connectivity index (χ4v) is 19.2. The molecule has 0 N–H and O–H groups in total. The first kappa shape index (κ1) is 49.6. The van der Waals surface area contributed by atoms with Crippen LogP contribution in [0.1, 0.15) is 107 Å². The van der Waals surface area contributed by atoms with Gasteiger partial charge in [-0.2, -0.15) is 0 Å². The van der Waals surface area contributed by atoms with Crippen molar-refractivity contribution in [3.63, 3.8) is 0 Å². The molecule has 2 saturated heterocycles. The van der Waals surface area contributed by atoms with Crippen LogP contribution in [-0.4, -0.2) is 111 Å². The Morgan fingerprint density at radius 1 is 0.687 bits per heavy atom. The van der Waals surface area contributed by atoms with Gasteiger partial charge in [-0.1, -0.05) is 39.8 Å². The molecule has 9 nitrogen and oxygen atoms in total. The molecular weight excluding hydrogens is 966 g/mol. The minimum atomic E-state index is -1.38. The molecule has 67 heavy (non-hydrogen) atoms. The van der Waals surface area contributed by atoms with Crippen molar-refractivity contribution in [2.75, 3.05) is 13.2 Å². The van der Waals surface area contributed by atoms with Gasteiger partial charge in [0.05, 0.1) is 45.9 Å². The third kappa shape index (κ3) is 6.64. The lowest BCUT2D eigenvalue weighted by Crippen LogP contribution is -2.68. The van der Waals surface area contributed by atoms with Crippen molar-refractivity contribution >= 4 is 85.6 Å². The van der Waals surface area contributed by atoms with Crippen molar-refractivity contribution in [3.05, 3.63) is 47.6 Å². The molecule has 10 rings (SSSR count). The Morgan fingerprint density at radius 2 is 1.10 bits per heavy atom. The maximum atomic E-state index is 16.3. The van der Waals surface area contributed by atoms with Crippen LogP contribution in [0.3, 0.4) is 0 Å². The van der Waals surface area contributed by atoms with Crippen molar-refractivity contribution in [1.29, 1.82) is 0 Å². The van der Waals surface area contributed by atoms with Crippen LogP contribution >= 0.6 is 55.3 Å². The van der Waals surface area contributed by atoms with Gasteiger partial charge in [0.25, 0.3) is 0 Å². The lowest BCUT2D eigenvalue weighted by molar-refractivity contribution is -0.214. The van der Waals surface area contributed by atoms with E-state index in [1.165, 1.54) is 24.3 Å². The molecule has 0 spiro atoms. The monoisotopic (exact) mass is 1030 g/mol. The number of ketones is 3. The Hall–Kier alpha value is -1.02. The third-order valence-electron chi connectivity index (χ3n) is 19.2. The first-order valence-electron chi connectivity index (χ1n) is 23.9. The average molecular weight is 1030 g/mol. The number of fused-ring (bicyclic) bond motifs is 14. The van der Waals surface area contributed by atoms with E-state index < -0.39 is 89.3 Å². The lowest BCUT2D eigenvalue weighted by Gasteiger charge is -2.64. The summed E-state index contributed by atoms with van der Waals surface area (Å²) in [6.07, 6.45) is 8.26. The summed E-state index contributed by atoms with van der Waals surface area (Å²) in [7, 11) is 3.70. The van der Waals surface area contributed by atoms with Crippen LogP contribution < -0.4 is 0 Å². The van der Waals surface area contributed by atoms with Gasteiger partial charge < -0.3 is 28.3 Å². The number of allylic oxidation sites excluding steroid dienone is 8. The highest BCUT2D eigenvalue weighted by molar-refractivity contribution is 7.21. The summed E-state index contributed by atoms with van der Waals surface area (Å²) >= 11 is 30.4. The Balaban J connectivity index is 0.806. The quantitative estimate of drug-likeness (QED) is 0.0916. The molecule has 18 atom stereocenters. The fraction of sp³-hybridized carbons (Fsp3) is 0.760. The average Bonchev–Trinajstić information content (AvgIpc) is 3.81. The molecule has 0 bridgehead atoms. The number of hydrogen-bond donors (Lipinski definition) is 0. The van der Waals surface area contributed by atoms with Gasteiger partial charge in [-0.15, -0.1) is 55.3 Å². The molecule has 10 aliphatic rings. The van der Waals surface area contributed by atoms with Gasteiger partial charge in [-0.3, -0.25) is 14.4 Å². The minimum Gasteiger partial charge on any atom is -0.410 e. The maximum absolute atomic E-state index is 16.3. The Bertz CT molecular complexity index is 2180. The zero-order valence-corrected chi connectivity index (χ0v) is 43.5. The van der Waals surface area contributed by atoms with Crippen LogP contribution in [0.2, 0.25) is 0 Å². The topological polar surface area (TPSA) is 107 Å². The molecule has 17 heteroatoms. The summed E-state index contributed by atoms with van der Waals surface area (Å²) < 4.78 is 71.5. The van der Waals surface area contributed by atoms with Crippen molar-refractivity contribution in [2.45, 2.75) is 175 Å². The third-order valence-corrected chi connectivity index (χ3v) is 22.6. The fourth-order valence-electron chi connectivity index (χ4n) is 16.5. The zero-order valence-electron chi connectivity index (χ0n) is 39.5. The van der Waals surface area contributed by atoms with E-state index in [1.54, 1.807) is 12.2 Å². The molecule has 366 valence electrons. The van der Waals surface area contributed by atoms with Crippen molar-refractivity contribution in [1.82, 2.24) is 0 Å². The van der Waals surface area contributed by atoms with Gasteiger partial charge in [-0.25, -0.2) is 8.78 Å². The van der Waals surface area contributed by atoms with Gasteiger partial charge in [-0.05, 0) is 131 Å². The van der Waals surface area contributed by atoms with Gasteiger partial charge in [0.2, 0.25) is 0 Å². The van der Waals surface area contributed by atoms with E-state index in [0.29, 0.717) is 43.3 Å². The molecule has 6 saturated carbocycles. The normalized spacial score (nSPS) is 51.6. The van der Waals surface area contributed by atoms with Crippen molar-refractivity contribution in [2.24, 2.45) is 45.3 Å². The number of rotatable bonds is 10. The second kappa shape index (κ2) is 15.7. The number of halogens is 6. The standard InChI is InChI=1S/C50H62BCl4F2O9P/c1-41(2)63-39-17-29-31-15-35(56)33-13-25(58)9-11-43(33,5)49(31,54)37(52)21-45(29,7)47(39,65-41)19-27(60)23-61-51-62-24-28(67)20-48-40(64-42(3,4)66-48)18-30-32-16-36(57)34-14-26(59)10-12-44(34,6)50(32,55)38(53)22-46(30,48)8/h9-14,29-32,35-40,51,67H,15-24H2,1-8H3. The molecule has 8 aliphatic carbocycles. The molecule has 2 aliphatic heterocycles. The number of carbonyl (C=O) groups excluding carboxylic acids is 3. The highest BCUT2D eigenvalue weighted by Gasteiger charge is 2.80. The number of hydrogen-bond acceptors (Lipinski definition) is 9. The second-order valence-electron chi connectivity index (χ2n) is 23.4. The minimum absolute atomic E-state index is 0.0116. The summed E-state index contributed by atoms with van der Waals surface area (Å²) in [4.78, 5) is 36.8. The van der Waals surface area contributed by atoms with Crippen LogP contribution in [0.25, 0.3) is 0 Å². The molecule has 8 fully saturated rings. The molecule has 2 heterocycles. The Morgan fingerprint density at radius 3 is 1.55 bits per heavy atom. The molecule has 0 aromatic rings. The summed E-state index contributed by atoms with van der Waals surface area (Å²) in [6.45, 7) is 15.4. The molecule has 0 aromatic carbocycles. The van der Waals surface area contributed by atoms with Crippen LogP contribution in [0.4, 0.5) is 8.78 Å². The second-order valence-corrected chi connectivity index (χ2v) is 26.4. The van der Waals surface area contributed by atoms with Crippen molar-refractivity contribution < 1.29 is 51.4 Å². The summed E-state index contributed by atoms with van der Waals surface area (Å²) in [5, 5.41) is -0.449. The predicted molar refractivity (Wildman–Crippen MR) is 257 cm³/mol. The summed E-state index contributed by atoms with van der Waals surface area (Å²) in [5.74, 6) is -3.63. The van der Waals surface area contributed by atoms with Crippen LogP contribution in [0, 0.1) is 45.3 Å². The van der Waals surface area contributed by atoms with E-state index >= 15 is 8.78 Å². The first-order valence-corrected chi connectivity index (χ1v) is 26.0. The van der Waals surface area contributed by atoms with Crippen LogP contribution in [0.15, 0.2) is 47.6 Å². The van der Waals surface area contributed by atoms with Crippen molar-refractivity contribution in [3.8, 4) is 0 Å². The van der Waals surface area contributed by atoms with Crippen LogP contribution in [-0.2, 0) is 42.6 Å².